The van der Waals surface area contributed by atoms with Crippen molar-refractivity contribution in [1.82, 2.24) is 10.6 Å². The van der Waals surface area contributed by atoms with Crippen molar-refractivity contribution in [2.45, 2.75) is 57.5 Å². The minimum absolute atomic E-state index is 0.254. The number of hydrogen-bond acceptors (Lipinski definition) is 7. The molecular formula is C42H36Cl2N2O6S2. The molecule has 12 heteroatoms. The molecule has 0 aliphatic heterocycles. The average Bonchev–Trinajstić information content (AvgIpc) is 3.89. The number of benzene rings is 4. The van der Waals surface area contributed by atoms with E-state index >= 15 is 0 Å². The van der Waals surface area contributed by atoms with E-state index in [1.54, 1.807) is 13.0 Å². The molecule has 0 unspecified atom stereocenters. The molecule has 0 saturated carbocycles. The first-order valence-corrected chi connectivity index (χ1v) is 19.8. The number of amides is 2. The standard InChI is InChI=1S/C22H20ClNO3S.C20H16ClNO3S/c1-3-27-21(26)22(11-14-6-4-5-7-15(14)12-22)24-20(25)19-13(2)17-10-16(23)8-9-18(17)28-19;1-11-15-8-14(21)6-7-16(15)26-17(11)18(23)22-20(19(24)25)9-12-4-2-3-5-13(12)10-20/h4-10H,3,11-12H2,1-2H3,(H,24,25);2-8H,9-10H2,1H3,(H,22,23)(H,24,25). The number of carboxylic acid groups (broad SMARTS) is 1. The van der Waals surface area contributed by atoms with Crippen LogP contribution in [-0.4, -0.2) is 46.5 Å². The summed E-state index contributed by atoms with van der Waals surface area (Å²) in [6.45, 7) is 5.81. The molecule has 0 saturated heterocycles. The molecule has 0 bridgehead atoms. The zero-order valence-corrected chi connectivity index (χ0v) is 32.8. The number of hydrogen-bond donors (Lipinski definition) is 3. The lowest BCUT2D eigenvalue weighted by atomic mass is 9.95. The lowest BCUT2D eigenvalue weighted by Gasteiger charge is -2.27. The minimum Gasteiger partial charge on any atom is -0.479 e. The van der Waals surface area contributed by atoms with Gasteiger partial charge in [-0.25, -0.2) is 9.59 Å². The van der Waals surface area contributed by atoms with E-state index < -0.39 is 17.0 Å². The molecule has 3 N–H and O–H groups in total. The second-order valence-corrected chi connectivity index (χ2v) is 16.7. The highest BCUT2D eigenvalue weighted by atomic mass is 35.5. The van der Waals surface area contributed by atoms with Gasteiger partial charge in [-0.3, -0.25) is 9.59 Å². The Morgan fingerprint density at radius 1 is 0.667 bits per heavy atom. The van der Waals surface area contributed by atoms with Gasteiger partial charge in [-0.1, -0.05) is 71.7 Å². The summed E-state index contributed by atoms with van der Waals surface area (Å²) < 4.78 is 7.28. The van der Waals surface area contributed by atoms with Crippen LogP contribution in [0.4, 0.5) is 0 Å². The van der Waals surface area contributed by atoms with Crippen LogP contribution >= 0.6 is 45.9 Å². The van der Waals surface area contributed by atoms with E-state index in [-0.39, 0.29) is 24.4 Å². The van der Waals surface area contributed by atoms with E-state index in [4.69, 9.17) is 27.9 Å². The molecule has 2 aliphatic rings. The SMILES string of the molecule is CCOC(=O)C1(NC(=O)c2sc3ccc(Cl)cc3c2C)Cc2ccccc2C1.Cc1c(C(=O)NC2(C(=O)O)Cc3ccccc3C2)sc2ccc(Cl)cc12. The fourth-order valence-corrected chi connectivity index (χ4v) is 9.96. The summed E-state index contributed by atoms with van der Waals surface area (Å²) in [6, 6.07) is 26.6. The fourth-order valence-electron chi connectivity index (χ4n) is 7.44. The number of carbonyl (C=O) groups excluding carboxylic acids is 3. The maximum Gasteiger partial charge on any atom is 0.332 e. The van der Waals surface area contributed by atoms with Gasteiger partial charge < -0.3 is 20.5 Å². The summed E-state index contributed by atoms with van der Waals surface area (Å²) in [5.41, 5.74) is 3.38. The Kier molecular flexibility index (Phi) is 10.3. The second kappa shape index (κ2) is 14.8. The van der Waals surface area contributed by atoms with Crippen LogP contribution in [0.1, 0.15) is 59.6 Å². The van der Waals surface area contributed by atoms with Crippen molar-refractivity contribution >= 4 is 89.8 Å². The minimum atomic E-state index is -1.30. The molecule has 2 heterocycles. The third kappa shape index (κ3) is 6.99. The summed E-state index contributed by atoms with van der Waals surface area (Å²) in [5.74, 6) is -2.00. The fraction of sp³-hybridized carbons (Fsp3) is 0.238. The maximum absolute atomic E-state index is 13.2. The number of fused-ring (bicyclic) bond motifs is 4. The highest BCUT2D eigenvalue weighted by molar-refractivity contribution is 7.21. The Morgan fingerprint density at radius 3 is 1.44 bits per heavy atom. The number of esters is 1. The van der Waals surface area contributed by atoms with Crippen LogP contribution in [0.2, 0.25) is 10.0 Å². The average molecular weight is 800 g/mol. The van der Waals surface area contributed by atoms with Gasteiger partial charge in [0, 0.05) is 45.1 Å². The predicted octanol–water partition coefficient (Wildman–Crippen LogP) is 8.91. The Morgan fingerprint density at radius 2 is 1.06 bits per heavy atom. The van der Waals surface area contributed by atoms with Gasteiger partial charge >= 0.3 is 11.9 Å². The van der Waals surface area contributed by atoms with Gasteiger partial charge in [0.2, 0.25) is 0 Å². The molecule has 0 fully saturated rings. The molecule has 2 aromatic heterocycles. The number of nitrogens with one attached hydrogen (secondary N) is 2. The van der Waals surface area contributed by atoms with Crippen LogP contribution in [0.3, 0.4) is 0 Å². The van der Waals surface area contributed by atoms with Gasteiger partial charge in [0.1, 0.15) is 11.1 Å². The van der Waals surface area contributed by atoms with Crippen molar-refractivity contribution in [3.05, 3.63) is 138 Å². The third-order valence-electron chi connectivity index (χ3n) is 10.2. The summed E-state index contributed by atoms with van der Waals surface area (Å²) in [4.78, 5) is 52.1. The predicted molar refractivity (Wildman–Crippen MR) is 216 cm³/mol. The van der Waals surface area contributed by atoms with Gasteiger partial charge in [-0.05, 0) is 101 Å². The van der Waals surface area contributed by atoms with Gasteiger partial charge in [-0.15, -0.1) is 22.7 Å². The van der Waals surface area contributed by atoms with E-state index in [9.17, 15) is 24.3 Å². The summed E-state index contributed by atoms with van der Waals surface area (Å²) >= 11 is 14.9. The number of thiophene rings is 2. The molecule has 0 spiro atoms. The van der Waals surface area contributed by atoms with E-state index in [2.05, 4.69) is 10.6 Å². The molecular weight excluding hydrogens is 764 g/mol. The van der Waals surface area contributed by atoms with Crippen molar-refractivity contribution in [2.75, 3.05) is 6.61 Å². The first-order chi connectivity index (χ1) is 25.8. The summed E-state index contributed by atoms with van der Waals surface area (Å²) in [5, 5.41) is 18.8. The van der Waals surface area contributed by atoms with Crippen molar-refractivity contribution in [3.8, 4) is 0 Å². The zero-order valence-electron chi connectivity index (χ0n) is 29.7. The first-order valence-electron chi connectivity index (χ1n) is 17.4. The van der Waals surface area contributed by atoms with Crippen LogP contribution in [0.15, 0.2) is 84.9 Å². The normalized spacial score (nSPS) is 14.8. The highest BCUT2D eigenvalue weighted by Crippen LogP contribution is 2.37. The molecule has 54 heavy (non-hydrogen) atoms. The second-order valence-electron chi connectivity index (χ2n) is 13.7. The van der Waals surface area contributed by atoms with Crippen LogP contribution in [-0.2, 0) is 40.0 Å². The van der Waals surface area contributed by atoms with Crippen molar-refractivity contribution in [3.63, 3.8) is 0 Å². The largest absolute Gasteiger partial charge is 0.479 e. The van der Waals surface area contributed by atoms with Gasteiger partial charge in [0.05, 0.1) is 16.4 Å². The molecule has 2 amide bonds. The molecule has 8 rings (SSSR count). The highest BCUT2D eigenvalue weighted by Gasteiger charge is 2.47. The number of carboxylic acids is 1. The van der Waals surface area contributed by atoms with Crippen molar-refractivity contribution < 1.29 is 29.0 Å². The molecule has 8 nitrogen and oxygen atoms in total. The van der Waals surface area contributed by atoms with Gasteiger partial charge in [-0.2, -0.15) is 0 Å². The molecule has 276 valence electrons. The van der Waals surface area contributed by atoms with E-state index in [0.29, 0.717) is 45.5 Å². The topological polar surface area (TPSA) is 122 Å². The Balaban J connectivity index is 0.000000167. The van der Waals surface area contributed by atoms with Gasteiger partial charge in [0.15, 0.2) is 0 Å². The molecule has 6 aromatic rings. The molecule has 0 radical (unpaired) electrons. The van der Waals surface area contributed by atoms with Gasteiger partial charge in [0.25, 0.3) is 11.8 Å². The smallest absolute Gasteiger partial charge is 0.332 e. The van der Waals surface area contributed by atoms with Crippen LogP contribution in [0.25, 0.3) is 20.2 Å². The summed E-state index contributed by atoms with van der Waals surface area (Å²) in [7, 11) is 0. The maximum atomic E-state index is 13.2. The lowest BCUT2D eigenvalue weighted by Crippen LogP contribution is -2.56. The van der Waals surface area contributed by atoms with Crippen LogP contribution in [0.5, 0.6) is 0 Å². The van der Waals surface area contributed by atoms with E-state index in [0.717, 1.165) is 53.6 Å². The monoisotopic (exact) mass is 798 g/mol. The lowest BCUT2D eigenvalue weighted by molar-refractivity contribution is -0.150. The molecule has 4 aromatic carbocycles. The third-order valence-corrected chi connectivity index (χ3v) is 13.2. The number of halogens is 2. The van der Waals surface area contributed by atoms with Crippen molar-refractivity contribution in [1.29, 1.82) is 0 Å². The number of carbonyl (C=O) groups is 4. The van der Waals surface area contributed by atoms with Crippen LogP contribution in [0, 0.1) is 13.8 Å². The van der Waals surface area contributed by atoms with Crippen molar-refractivity contribution in [2.24, 2.45) is 0 Å². The molecule has 0 atom stereocenters. The van der Waals surface area contributed by atoms with E-state index in [1.165, 1.54) is 22.7 Å². The number of aryl methyl sites for hydroxylation is 2. The number of ether oxygens (including phenoxy) is 1. The quantitative estimate of drug-likeness (QED) is 0.139. The Bertz CT molecular complexity index is 2440. The number of rotatable bonds is 7. The zero-order chi connectivity index (χ0) is 38.4. The first kappa shape index (κ1) is 37.6. The summed E-state index contributed by atoms with van der Waals surface area (Å²) in [6.07, 6.45) is 1.45. The van der Waals surface area contributed by atoms with E-state index in [1.807, 2.05) is 92.7 Å². The Hall–Kier alpha value is -4.74. The molecule has 2 aliphatic carbocycles. The Labute approximate surface area is 330 Å². The van der Waals surface area contributed by atoms with Crippen LogP contribution < -0.4 is 10.6 Å². The number of aliphatic carboxylic acids is 1.